The molecule has 1 unspecified atom stereocenters. The lowest BCUT2D eigenvalue weighted by molar-refractivity contribution is 0.0115. The number of methoxy groups -OCH3 is 1. The molecule has 0 fully saturated rings. The van der Waals surface area contributed by atoms with Crippen LogP contribution >= 0.6 is 0 Å². The van der Waals surface area contributed by atoms with Crippen LogP contribution in [0.5, 0.6) is 0 Å². The molecule has 0 aliphatic carbocycles. The first-order chi connectivity index (χ1) is 8.12. The molecule has 94 valence electrons. The van der Waals surface area contributed by atoms with Crippen LogP contribution in [-0.4, -0.2) is 19.3 Å². The molecular weight excluding hydrogens is 210 g/mol. The summed E-state index contributed by atoms with van der Waals surface area (Å²) in [5.41, 5.74) is 2.96. The minimum atomic E-state index is -0.0198. The summed E-state index contributed by atoms with van der Waals surface area (Å²) in [6.45, 7) is 5.40. The molecule has 17 heavy (non-hydrogen) atoms. The third kappa shape index (κ3) is 3.08. The molecule has 0 saturated carbocycles. The SMILES string of the molecule is COC(C)(C)CCC1NCCc2ccccc21. The molecule has 1 aliphatic heterocycles. The van der Waals surface area contributed by atoms with E-state index in [0.717, 1.165) is 25.8 Å². The summed E-state index contributed by atoms with van der Waals surface area (Å²) in [5.74, 6) is 0. The summed E-state index contributed by atoms with van der Waals surface area (Å²) in [6, 6.07) is 9.28. The van der Waals surface area contributed by atoms with E-state index in [1.165, 1.54) is 11.1 Å². The van der Waals surface area contributed by atoms with E-state index in [4.69, 9.17) is 4.74 Å². The Balaban J connectivity index is 2.04. The first kappa shape index (κ1) is 12.6. The molecule has 1 heterocycles. The second-order valence-corrected chi connectivity index (χ2v) is 5.46. The van der Waals surface area contributed by atoms with E-state index in [1.54, 1.807) is 7.11 Å². The quantitative estimate of drug-likeness (QED) is 0.863. The third-order valence-corrected chi connectivity index (χ3v) is 3.80. The molecule has 0 aromatic heterocycles. The Labute approximate surface area is 104 Å². The van der Waals surface area contributed by atoms with Crippen LogP contribution in [0.2, 0.25) is 0 Å². The van der Waals surface area contributed by atoms with Gasteiger partial charge < -0.3 is 10.1 Å². The van der Waals surface area contributed by atoms with Gasteiger partial charge >= 0.3 is 0 Å². The average molecular weight is 233 g/mol. The minimum absolute atomic E-state index is 0.0198. The molecule has 0 spiro atoms. The van der Waals surface area contributed by atoms with E-state index < -0.39 is 0 Å². The van der Waals surface area contributed by atoms with Crippen molar-refractivity contribution >= 4 is 0 Å². The molecule has 0 bridgehead atoms. The van der Waals surface area contributed by atoms with E-state index >= 15 is 0 Å². The number of hydrogen-bond acceptors (Lipinski definition) is 2. The highest BCUT2D eigenvalue weighted by molar-refractivity contribution is 5.32. The van der Waals surface area contributed by atoms with Crippen molar-refractivity contribution in [1.82, 2.24) is 5.32 Å². The molecule has 2 heteroatoms. The summed E-state index contributed by atoms with van der Waals surface area (Å²) in [4.78, 5) is 0. The maximum absolute atomic E-state index is 5.49. The summed E-state index contributed by atoms with van der Waals surface area (Å²) in [7, 11) is 1.79. The van der Waals surface area contributed by atoms with Crippen molar-refractivity contribution in [2.45, 2.75) is 44.8 Å². The van der Waals surface area contributed by atoms with E-state index in [0.29, 0.717) is 6.04 Å². The lowest BCUT2D eigenvalue weighted by atomic mass is 9.89. The van der Waals surface area contributed by atoms with Gasteiger partial charge in [-0.25, -0.2) is 0 Å². The summed E-state index contributed by atoms with van der Waals surface area (Å²) in [6.07, 6.45) is 3.37. The molecule has 1 aliphatic rings. The monoisotopic (exact) mass is 233 g/mol. The van der Waals surface area contributed by atoms with Crippen molar-refractivity contribution < 1.29 is 4.74 Å². The van der Waals surface area contributed by atoms with Crippen LogP contribution in [0.4, 0.5) is 0 Å². The highest BCUT2D eigenvalue weighted by atomic mass is 16.5. The Morgan fingerprint density at radius 1 is 1.35 bits per heavy atom. The molecule has 1 aromatic rings. The van der Waals surface area contributed by atoms with Crippen molar-refractivity contribution in [3.8, 4) is 0 Å². The lowest BCUT2D eigenvalue weighted by Crippen LogP contribution is -2.32. The van der Waals surface area contributed by atoms with Crippen LogP contribution < -0.4 is 5.32 Å². The van der Waals surface area contributed by atoms with Crippen molar-refractivity contribution in [2.24, 2.45) is 0 Å². The zero-order valence-corrected chi connectivity index (χ0v) is 11.1. The van der Waals surface area contributed by atoms with Crippen LogP contribution in [0, 0.1) is 0 Å². The van der Waals surface area contributed by atoms with Crippen molar-refractivity contribution in [1.29, 1.82) is 0 Å². The Morgan fingerprint density at radius 2 is 2.12 bits per heavy atom. The standard InChI is InChI=1S/C15H23NO/c1-15(2,17-3)10-8-14-13-7-5-4-6-12(13)9-11-16-14/h4-7,14,16H,8-11H2,1-3H3. The number of nitrogens with one attached hydrogen (secondary N) is 1. The van der Waals surface area contributed by atoms with Gasteiger partial charge in [-0.3, -0.25) is 0 Å². The summed E-state index contributed by atoms with van der Waals surface area (Å²) in [5, 5.41) is 3.62. The molecule has 2 rings (SSSR count). The smallest absolute Gasteiger partial charge is 0.0623 e. The third-order valence-electron chi connectivity index (χ3n) is 3.80. The molecule has 0 saturated heterocycles. The molecule has 2 nitrogen and oxygen atoms in total. The number of hydrogen-bond donors (Lipinski definition) is 1. The van der Waals surface area contributed by atoms with Crippen LogP contribution in [-0.2, 0) is 11.2 Å². The number of benzene rings is 1. The molecule has 1 N–H and O–H groups in total. The van der Waals surface area contributed by atoms with E-state index in [2.05, 4.69) is 43.4 Å². The molecule has 0 radical (unpaired) electrons. The lowest BCUT2D eigenvalue weighted by Gasteiger charge is -2.30. The van der Waals surface area contributed by atoms with Crippen LogP contribution in [0.15, 0.2) is 24.3 Å². The predicted octanol–water partition coefficient (Wildman–Crippen LogP) is 3.08. The first-order valence-corrected chi connectivity index (χ1v) is 6.49. The molecule has 1 aromatic carbocycles. The van der Waals surface area contributed by atoms with Gasteiger partial charge in [0.2, 0.25) is 0 Å². The van der Waals surface area contributed by atoms with Crippen LogP contribution in [0.1, 0.15) is 43.9 Å². The largest absolute Gasteiger partial charge is 0.379 e. The highest BCUT2D eigenvalue weighted by Gasteiger charge is 2.23. The van der Waals surface area contributed by atoms with Gasteiger partial charge in [-0.05, 0) is 50.8 Å². The van der Waals surface area contributed by atoms with Gasteiger partial charge in [0.15, 0.2) is 0 Å². The van der Waals surface area contributed by atoms with Crippen molar-refractivity contribution in [3.05, 3.63) is 35.4 Å². The number of fused-ring (bicyclic) bond motifs is 1. The van der Waals surface area contributed by atoms with Gasteiger partial charge in [0.1, 0.15) is 0 Å². The van der Waals surface area contributed by atoms with Gasteiger partial charge in [0.25, 0.3) is 0 Å². The maximum atomic E-state index is 5.49. The average Bonchev–Trinajstić information content (AvgIpc) is 2.36. The number of ether oxygens (including phenoxy) is 1. The Bertz CT molecular complexity index is 373. The van der Waals surface area contributed by atoms with E-state index in [9.17, 15) is 0 Å². The van der Waals surface area contributed by atoms with Gasteiger partial charge in [0, 0.05) is 13.2 Å². The van der Waals surface area contributed by atoms with Gasteiger partial charge in [-0.1, -0.05) is 24.3 Å². The molecule has 1 atom stereocenters. The first-order valence-electron chi connectivity index (χ1n) is 6.49. The normalized spacial score (nSPS) is 20.1. The zero-order chi connectivity index (χ0) is 12.3. The molecule has 0 amide bonds. The topological polar surface area (TPSA) is 21.3 Å². The second kappa shape index (κ2) is 5.19. The fourth-order valence-electron chi connectivity index (χ4n) is 2.44. The van der Waals surface area contributed by atoms with Gasteiger partial charge in [-0.2, -0.15) is 0 Å². The zero-order valence-electron chi connectivity index (χ0n) is 11.1. The number of rotatable bonds is 4. The second-order valence-electron chi connectivity index (χ2n) is 5.46. The highest BCUT2D eigenvalue weighted by Crippen LogP contribution is 2.29. The fraction of sp³-hybridized carbons (Fsp3) is 0.600. The minimum Gasteiger partial charge on any atom is -0.379 e. The van der Waals surface area contributed by atoms with Gasteiger partial charge in [-0.15, -0.1) is 0 Å². The van der Waals surface area contributed by atoms with Crippen LogP contribution in [0.3, 0.4) is 0 Å². The molecular formula is C15H23NO. The fourth-order valence-corrected chi connectivity index (χ4v) is 2.44. The Kier molecular flexibility index (Phi) is 3.85. The van der Waals surface area contributed by atoms with E-state index in [1.807, 2.05) is 0 Å². The summed E-state index contributed by atoms with van der Waals surface area (Å²) >= 11 is 0. The van der Waals surface area contributed by atoms with Crippen LogP contribution in [0.25, 0.3) is 0 Å². The van der Waals surface area contributed by atoms with E-state index in [-0.39, 0.29) is 5.60 Å². The van der Waals surface area contributed by atoms with Crippen molar-refractivity contribution in [3.63, 3.8) is 0 Å². The predicted molar refractivity (Wildman–Crippen MR) is 71.2 cm³/mol. The van der Waals surface area contributed by atoms with Gasteiger partial charge in [0.05, 0.1) is 5.60 Å². The Morgan fingerprint density at radius 3 is 2.88 bits per heavy atom. The Hall–Kier alpha value is -0.860. The summed E-state index contributed by atoms with van der Waals surface area (Å²) < 4.78 is 5.49. The maximum Gasteiger partial charge on any atom is 0.0623 e. The van der Waals surface area contributed by atoms with Crippen molar-refractivity contribution in [2.75, 3.05) is 13.7 Å².